The molecule has 2 heterocycles. The summed E-state index contributed by atoms with van der Waals surface area (Å²) in [6.45, 7) is 1.56. The third-order valence-corrected chi connectivity index (χ3v) is 1.75. The van der Waals surface area contributed by atoms with Gasteiger partial charge < -0.3 is 14.8 Å². The van der Waals surface area contributed by atoms with Gasteiger partial charge >= 0.3 is 11.9 Å². The summed E-state index contributed by atoms with van der Waals surface area (Å²) in [5.41, 5.74) is 0. The Bertz CT molecular complexity index is 305. The van der Waals surface area contributed by atoms with Gasteiger partial charge in [0.2, 0.25) is 5.89 Å². The van der Waals surface area contributed by atoms with E-state index in [0.717, 1.165) is 13.1 Å². The van der Waals surface area contributed by atoms with Crippen molar-refractivity contribution in [1.82, 2.24) is 15.5 Å². The maximum atomic E-state index is 10.3. The first kappa shape index (κ1) is 7.23. The topological polar surface area (TPSA) is 88.2 Å². The largest absolute Gasteiger partial charge is 0.474 e. The van der Waals surface area contributed by atoms with E-state index in [2.05, 4.69) is 15.5 Å². The van der Waals surface area contributed by atoms with Crippen LogP contribution in [0.2, 0.25) is 0 Å². The van der Waals surface area contributed by atoms with E-state index in [1.165, 1.54) is 0 Å². The second-order valence-corrected chi connectivity index (χ2v) is 2.61. The van der Waals surface area contributed by atoms with Crippen molar-refractivity contribution in [3.8, 4) is 0 Å². The van der Waals surface area contributed by atoms with Gasteiger partial charge in [-0.15, -0.1) is 10.2 Å². The minimum absolute atomic E-state index is 0.186. The summed E-state index contributed by atoms with van der Waals surface area (Å²) in [7, 11) is 0. The number of carboxylic acids is 1. The van der Waals surface area contributed by atoms with Gasteiger partial charge in [0.1, 0.15) is 0 Å². The number of carboxylic acid groups (broad SMARTS) is 1. The number of hydrogen-bond acceptors (Lipinski definition) is 5. The Morgan fingerprint density at radius 2 is 2.33 bits per heavy atom. The van der Waals surface area contributed by atoms with Crippen molar-refractivity contribution in [2.45, 2.75) is 5.92 Å². The maximum Gasteiger partial charge on any atom is 0.393 e. The molecule has 0 radical (unpaired) electrons. The van der Waals surface area contributed by atoms with Crippen molar-refractivity contribution < 1.29 is 14.3 Å². The molecule has 1 saturated heterocycles. The zero-order chi connectivity index (χ0) is 8.55. The summed E-state index contributed by atoms with van der Waals surface area (Å²) in [6, 6.07) is 0. The number of hydrogen-bond donors (Lipinski definition) is 2. The fraction of sp³-hybridized carbons (Fsp3) is 0.500. The molecule has 2 N–H and O–H groups in total. The van der Waals surface area contributed by atoms with Crippen LogP contribution in [0, 0.1) is 0 Å². The molecule has 1 aromatic heterocycles. The number of aromatic carboxylic acids is 1. The van der Waals surface area contributed by atoms with Crippen LogP contribution in [0.3, 0.4) is 0 Å². The minimum atomic E-state index is -1.18. The zero-order valence-electron chi connectivity index (χ0n) is 6.15. The van der Waals surface area contributed by atoms with E-state index in [0.29, 0.717) is 5.89 Å². The van der Waals surface area contributed by atoms with Crippen LogP contribution in [-0.4, -0.2) is 34.4 Å². The SMILES string of the molecule is O=C(O)c1nnc(C2CNC2)o1. The van der Waals surface area contributed by atoms with Gasteiger partial charge in [-0.3, -0.25) is 0 Å². The first-order valence-corrected chi connectivity index (χ1v) is 3.55. The Hall–Kier alpha value is -1.43. The molecule has 6 heteroatoms. The zero-order valence-corrected chi connectivity index (χ0v) is 6.15. The lowest BCUT2D eigenvalue weighted by atomic mass is 10.0. The third-order valence-electron chi connectivity index (χ3n) is 1.75. The summed E-state index contributed by atoms with van der Waals surface area (Å²) in [5.74, 6) is -0.922. The van der Waals surface area contributed by atoms with Gasteiger partial charge in [-0.05, 0) is 0 Å². The van der Waals surface area contributed by atoms with Crippen molar-refractivity contribution in [3.05, 3.63) is 11.8 Å². The number of aromatic nitrogens is 2. The average molecular weight is 169 g/mol. The highest BCUT2D eigenvalue weighted by Crippen LogP contribution is 2.17. The van der Waals surface area contributed by atoms with Crippen LogP contribution >= 0.6 is 0 Å². The first-order valence-electron chi connectivity index (χ1n) is 3.55. The van der Waals surface area contributed by atoms with Gasteiger partial charge in [-0.25, -0.2) is 4.79 Å². The van der Waals surface area contributed by atoms with E-state index < -0.39 is 5.97 Å². The molecule has 12 heavy (non-hydrogen) atoms. The molecule has 1 aliphatic rings. The molecule has 6 nitrogen and oxygen atoms in total. The monoisotopic (exact) mass is 169 g/mol. The Kier molecular flexibility index (Phi) is 1.54. The fourth-order valence-corrected chi connectivity index (χ4v) is 0.949. The molecule has 1 aromatic rings. The van der Waals surface area contributed by atoms with E-state index >= 15 is 0 Å². The molecule has 0 unspecified atom stereocenters. The molecular formula is C6H7N3O3. The van der Waals surface area contributed by atoms with Crippen LogP contribution in [0.15, 0.2) is 4.42 Å². The first-order chi connectivity index (χ1) is 5.77. The molecule has 0 spiro atoms. The highest BCUT2D eigenvalue weighted by atomic mass is 16.4. The Labute approximate surface area is 67.6 Å². The van der Waals surface area contributed by atoms with Crippen LogP contribution in [0.4, 0.5) is 0 Å². The molecule has 1 fully saturated rings. The van der Waals surface area contributed by atoms with Gasteiger partial charge in [0.25, 0.3) is 0 Å². The van der Waals surface area contributed by atoms with E-state index in [9.17, 15) is 4.79 Å². The smallest absolute Gasteiger partial charge is 0.393 e. The second kappa shape index (κ2) is 2.56. The lowest BCUT2D eigenvalue weighted by Crippen LogP contribution is -2.40. The number of carbonyl (C=O) groups is 1. The molecule has 2 rings (SSSR count). The van der Waals surface area contributed by atoms with Crippen molar-refractivity contribution in [2.24, 2.45) is 0 Å². The third kappa shape index (κ3) is 1.06. The number of nitrogens with one attached hydrogen (secondary N) is 1. The quantitative estimate of drug-likeness (QED) is 0.617. The molecule has 0 atom stereocenters. The van der Waals surface area contributed by atoms with Crippen molar-refractivity contribution >= 4 is 5.97 Å². The van der Waals surface area contributed by atoms with Crippen LogP contribution in [-0.2, 0) is 0 Å². The molecule has 1 aliphatic heterocycles. The van der Waals surface area contributed by atoms with Crippen LogP contribution in [0.5, 0.6) is 0 Å². The molecular weight excluding hydrogens is 162 g/mol. The lowest BCUT2D eigenvalue weighted by molar-refractivity contribution is 0.0650. The predicted molar refractivity (Wildman–Crippen MR) is 36.9 cm³/mol. The molecule has 64 valence electrons. The molecule has 0 aromatic carbocycles. The average Bonchev–Trinajstić information content (AvgIpc) is 2.32. The van der Waals surface area contributed by atoms with E-state index in [1.54, 1.807) is 0 Å². The Balaban J connectivity index is 2.17. The molecule has 0 amide bonds. The summed E-state index contributed by atoms with van der Waals surface area (Å²) in [4.78, 5) is 10.3. The minimum Gasteiger partial charge on any atom is -0.474 e. The Morgan fingerprint density at radius 3 is 2.75 bits per heavy atom. The van der Waals surface area contributed by atoms with Gasteiger partial charge in [-0.2, -0.15) is 0 Å². The van der Waals surface area contributed by atoms with Crippen molar-refractivity contribution in [2.75, 3.05) is 13.1 Å². The van der Waals surface area contributed by atoms with Gasteiger partial charge in [0, 0.05) is 13.1 Å². The van der Waals surface area contributed by atoms with Crippen LogP contribution in [0.1, 0.15) is 22.5 Å². The summed E-state index contributed by atoms with van der Waals surface area (Å²) in [6.07, 6.45) is 0. The summed E-state index contributed by atoms with van der Waals surface area (Å²) < 4.78 is 4.89. The summed E-state index contributed by atoms with van der Waals surface area (Å²) in [5, 5.41) is 18.5. The molecule has 0 saturated carbocycles. The fourth-order valence-electron chi connectivity index (χ4n) is 0.949. The molecule has 0 bridgehead atoms. The predicted octanol–water partition coefficient (Wildman–Crippen LogP) is -0.545. The number of rotatable bonds is 2. The van der Waals surface area contributed by atoms with Crippen molar-refractivity contribution in [1.29, 1.82) is 0 Å². The Morgan fingerprint density at radius 1 is 1.58 bits per heavy atom. The normalized spacial score (nSPS) is 17.3. The van der Waals surface area contributed by atoms with E-state index in [1.807, 2.05) is 0 Å². The molecule has 0 aliphatic carbocycles. The highest BCUT2D eigenvalue weighted by Gasteiger charge is 2.25. The van der Waals surface area contributed by atoms with Crippen LogP contribution in [0.25, 0.3) is 0 Å². The van der Waals surface area contributed by atoms with Crippen molar-refractivity contribution in [3.63, 3.8) is 0 Å². The maximum absolute atomic E-state index is 10.3. The van der Waals surface area contributed by atoms with E-state index in [-0.39, 0.29) is 11.8 Å². The van der Waals surface area contributed by atoms with Gasteiger partial charge in [-0.1, -0.05) is 0 Å². The number of nitrogens with zero attached hydrogens (tertiary/aromatic N) is 2. The summed E-state index contributed by atoms with van der Waals surface area (Å²) >= 11 is 0. The van der Waals surface area contributed by atoms with Crippen LogP contribution < -0.4 is 5.32 Å². The van der Waals surface area contributed by atoms with Gasteiger partial charge in [0.05, 0.1) is 5.92 Å². The lowest BCUT2D eigenvalue weighted by Gasteiger charge is -2.22. The van der Waals surface area contributed by atoms with Gasteiger partial charge in [0.15, 0.2) is 0 Å². The highest BCUT2D eigenvalue weighted by molar-refractivity contribution is 5.81. The standard InChI is InChI=1S/C6H7N3O3/c10-6(11)5-9-8-4(12-5)3-1-7-2-3/h3,7H,1-2H2,(H,10,11). The van der Waals surface area contributed by atoms with E-state index in [4.69, 9.17) is 9.52 Å². The second-order valence-electron chi connectivity index (χ2n) is 2.61.